The van der Waals surface area contributed by atoms with Gasteiger partial charge in [0.15, 0.2) is 0 Å². The van der Waals surface area contributed by atoms with E-state index in [9.17, 15) is 5.11 Å². The second kappa shape index (κ2) is 31.3. The third kappa shape index (κ3) is 13.9. The number of aliphatic imine (C=N–C) groups is 1. The Balaban J connectivity index is 0.000000176. The lowest BCUT2D eigenvalue weighted by Gasteiger charge is -2.50. The van der Waals surface area contributed by atoms with Crippen LogP contribution in [0.1, 0.15) is 121 Å². The summed E-state index contributed by atoms with van der Waals surface area (Å²) in [7, 11) is 10.4. The van der Waals surface area contributed by atoms with E-state index in [-0.39, 0.29) is 24.5 Å². The van der Waals surface area contributed by atoms with E-state index in [0.29, 0.717) is 48.0 Å². The third-order valence-corrected chi connectivity index (χ3v) is 19.5. The Kier molecular flexibility index (Phi) is 24.1. The number of carbonyl (C=O) groups excluding carboxylic acids is 6. The topological polar surface area (TPSA) is 231 Å². The SMILES string of the molecule is CC[C@@H]1CN2CC[C@@]3(O)C(=Nc4cccc(OC)c43)[C@@H]2C[C@@H]1/C(C)=C\OC.CC[C@@H]1CN2CCc3c([nH]c4cccc(OC)c34)[C@@H]2C[C@@H]1/C(C)=C\OC.CC[C@@H]1C[N+]2=C(C[C@@H]1/C(C)=C\OC)c1[nH]c3cccc(OC)c3c1CC2.O=C=O.O=C=O.O=C=O. The van der Waals surface area contributed by atoms with E-state index >= 15 is 0 Å². The average Bonchev–Trinajstić information content (AvgIpc) is 1.58. The third-order valence-electron chi connectivity index (χ3n) is 19.5. The van der Waals surface area contributed by atoms with Crippen LogP contribution in [0, 0.1) is 35.5 Å². The lowest BCUT2D eigenvalue weighted by Crippen LogP contribution is -2.60. The van der Waals surface area contributed by atoms with E-state index in [1.165, 1.54) is 86.1 Å². The minimum Gasteiger partial charge on any atom is -0.504 e. The summed E-state index contributed by atoms with van der Waals surface area (Å²) in [6.45, 7) is 20.0. The first-order valence-corrected chi connectivity index (χ1v) is 30.6. The Hall–Kier alpha value is -7.88. The Labute approximate surface area is 516 Å². The molecule has 9 atom stereocenters. The van der Waals surface area contributed by atoms with Crippen molar-refractivity contribution in [3.8, 4) is 17.2 Å². The van der Waals surface area contributed by atoms with E-state index in [4.69, 9.17) is 62.2 Å². The van der Waals surface area contributed by atoms with Gasteiger partial charge in [-0.3, -0.25) is 14.8 Å². The van der Waals surface area contributed by atoms with Gasteiger partial charge in [-0.2, -0.15) is 28.8 Å². The number of aliphatic hydroxyl groups is 1. The van der Waals surface area contributed by atoms with Gasteiger partial charge in [0.25, 0.3) is 0 Å². The molecule has 0 radical (unpaired) electrons. The van der Waals surface area contributed by atoms with Crippen LogP contribution in [0.4, 0.5) is 5.69 Å². The van der Waals surface area contributed by atoms with Crippen molar-refractivity contribution >= 4 is 57.4 Å². The molecule has 0 amide bonds. The van der Waals surface area contributed by atoms with Crippen LogP contribution < -0.4 is 14.2 Å². The van der Waals surface area contributed by atoms with Crippen molar-refractivity contribution in [2.45, 2.75) is 117 Å². The molecule has 3 saturated heterocycles. The number of nitrogens with zero attached hydrogens (tertiary/aromatic N) is 4. The average molecular weight is 1210 g/mol. The Morgan fingerprint density at radius 2 is 1.12 bits per heavy atom. The first-order valence-electron chi connectivity index (χ1n) is 30.6. The summed E-state index contributed by atoms with van der Waals surface area (Å²) >= 11 is 0. The van der Waals surface area contributed by atoms with Gasteiger partial charge in [0, 0.05) is 78.4 Å². The normalized spacial score (nSPS) is 25.0. The van der Waals surface area contributed by atoms with Crippen molar-refractivity contribution in [2.24, 2.45) is 40.5 Å². The lowest BCUT2D eigenvalue weighted by molar-refractivity contribution is -0.543. The molecule has 88 heavy (non-hydrogen) atoms. The molecule has 9 heterocycles. The van der Waals surface area contributed by atoms with Crippen LogP contribution in [-0.4, -0.2) is 147 Å². The van der Waals surface area contributed by atoms with Gasteiger partial charge in [0.1, 0.15) is 41.6 Å². The minimum atomic E-state index is -1.01. The zero-order chi connectivity index (χ0) is 63.8. The second-order valence-electron chi connectivity index (χ2n) is 23.7. The van der Waals surface area contributed by atoms with E-state index in [1.54, 1.807) is 42.7 Å². The fraction of sp³-hybridized carbons (Fsp3) is 0.522. The quantitative estimate of drug-likeness (QED) is 0.0779. The van der Waals surface area contributed by atoms with Crippen LogP contribution >= 0.6 is 0 Å². The largest absolute Gasteiger partial charge is 0.504 e. The van der Waals surface area contributed by atoms with Crippen LogP contribution in [0.5, 0.6) is 17.2 Å². The van der Waals surface area contributed by atoms with Gasteiger partial charge < -0.3 is 43.5 Å². The smallest absolute Gasteiger partial charge is 0.373 e. The molecule has 3 fully saturated rings. The maximum absolute atomic E-state index is 11.7. The summed E-state index contributed by atoms with van der Waals surface area (Å²) in [5.41, 5.74) is 15.1. The maximum atomic E-state index is 11.7. The predicted octanol–water partition coefficient (Wildman–Crippen LogP) is 10.7. The van der Waals surface area contributed by atoms with Crippen molar-refractivity contribution < 1.29 is 66.9 Å². The van der Waals surface area contributed by atoms with Gasteiger partial charge in [-0.15, -0.1) is 0 Å². The van der Waals surface area contributed by atoms with Crippen molar-refractivity contribution in [2.75, 3.05) is 81.9 Å². The molecule has 0 aliphatic carbocycles. The zero-order valence-corrected chi connectivity index (χ0v) is 53.3. The molecule has 5 aromatic rings. The fourth-order valence-corrected chi connectivity index (χ4v) is 15.5. The highest BCUT2D eigenvalue weighted by Crippen LogP contribution is 2.52. The number of methoxy groups -OCH3 is 6. The molecule has 12 rings (SSSR count). The molecule has 19 nitrogen and oxygen atoms in total. The van der Waals surface area contributed by atoms with Gasteiger partial charge in [-0.1, -0.05) is 51.8 Å². The number of H-pyrrole nitrogens is 2. The molecule has 0 saturated carbocycles. The molecule has 0 unspecified atom stereocenters. The predicted molar refractivity (Wildman–Crippen MR) is 332 cm³/mol. The molecule has 0 spiro atoms. The Morgan fingerprint density at radius 3 is 1.66 bits per heavy atom. The molecule has 7 aliphatic rings. The van der Waals surface area contributed by atoms with Crippen LogP contribution in [0.3, 0.4) is 0 Å². The Morgan fingerprint density at radius 1 is 0.636 bits per heavy atom. The Bertz CT molecular complexity index is 3460. The number of aromatic amines is 2. The molecule has 2 aromatic heterocycles. The fourth-order valence-electron chi connectivity index (χ4n) is 15.5. The molecule has 19 heteroatoms. The van der Waals surface area contributed by atoms with E-state index < -0.39 is 5.60 Å². The van der Waals surface area contributed by atoms with Crippen molar-refractivity contribution in [3.05, 3.63) is 118 Å². The number of nitrogens with one attached hydrogen (secondary N) is 2. The van der Waals surface area contributed by atoms with Crippen molar-refractivity contribution in [3.63, 3.8) is 0 Å². The summed E-state index contributed by atoms with van der Waals surface area (Å²) in [6.07, 6.45) is 16.1. The summed E-state index contributed by atoms with van der Waals surface area (Å²) in [4.78, 5) is 66.3. The van der Waals surface area contributed by atoms with Gasteiger partial charge in [-0.05, 0) is 135 Å². The molecule has 0 bridgehead atoms. The number of fused-ring (bicyclic) bond motifs is 14. The summed E-state index contributed by atoms with van der Waals surface area (Å²) < 4.78 is 35.4. The summed E-state index contributed by atoms with van der Waals surface area (Å²) in [5.74, 6) is 6.28. The highest BCUT2D eigenvalue weighted by Gasteiger charge is 2.54. The van der Waals surface area contributed by atoms with Gasteiger partial charge >= 0.3 is 18.5 Å². The van der Waals surface area contributed by atoms with Crippen LogP contribution in [0.2, 0.25) is 0 Å². The number of ether oxygens (including phenoxy) is 6. The number of rotatable bonds is 12. The maximum Gasteiger partial charge on any atom is 0.373 e. The first-order chi connectivity index (χ1) is 42.6. The minimum absolute atomic E-state index is 0.161. The van der Waals surface area contributed by atoms with E-state index in [2.05, 4.69) is 102 Å². The molecular weight excluding hydrogens is 1120 g/mol. The monoisotopic (exact) mass is 1210 g/mol. The van der Waals surface area contributed by atoms with E-state index in [0.717, 1.165) is 105 Å². The van der Waals surface area contributed by atoms with Gasteiger partial charge in [0.2, 0.25) is 5.71 Å². The van der Waals surface area contributed by atoms with Gasteiger partial charge in [0.05, 0.1) is 96.0 Å². The molecule has 472 valence electrons. The van der Waals surface area contributed by atoms with Crippen molar-refractivity contribution in [1.82, 2.24) is 19.8 Å². The van der Waals surface area contributed by atoms with Crippen molar-refractivity contribution in [1.29, 1.82) is 0 Å². The van der Waals surface area contributed by atoms with Crippen LogP contribution in [0.15, 0.2) is 95.1 Å². The number of allylic oxidation sites excluding steroid dienone is 3. The summed E-state index contributed by atoms with van der Waals surface area (Å²) in [6, 6.07) is 19.1. The van der Waals surface area contributed by atoms with Crippen LogP contribution in [0.25, 0.3) is 21.8 Å². The molecule has 7 aliphatic heterocycles. The molecule has 3 aromatic carbocycles. The number of piperidine rings is 3. The number of benzene rings is 3. The molecular formula is C69H89N6O13+. The van der Waals surface area contributed by atoms with Crippen LogP contribution in [-0.2, 0) is 61.4 Å². The highest BCUT2D eigenvalue weighted by molar-refractivity contribution is 6.06. The number of hydrogen-bond donors (Lipinski definition) is 3. The zero-order valence-electron chi connectivity index (χ0n) is 53.3. The van der Waals surface area contributed by atoms with E-state index in [1.807, 2.05) is 37.0 Å². The highest BCUT2D eigenvalue weighted by atomic mass is 16.5. The van der Waals surface area contributed by atoms with Gasteiger partial charge in [-0.25, -0.2) is 4.58 Å². The first kappa shape index (κ1) is 67.6. The second-order valence-corrected chi connectivity index (χ2v) is 23.7. The lowest BCUT2D eigenvalue weighted by atomic mass is 9.70. The molecule has 3 N–H and O–H groups in total. The number of aromatic nitrogens is 2. The standard InChI is InChI=1S/C22H30N2O3.C22H30N2O2.C22H28N2O2.3CO2/c1-5-15-12-24-10-9-22(25)20-17(7-6-8-19(20)27-4)23-21(22)18(24)11-16(15)14(2)13-26-3;2*1-5-15-12-24-10-9-16-21-18(7-6-8-20(21)26-4)23-22(16)19(24)11-17(15)14(2)13-25-3;3*2-1-3/h6-8,13,15-16,18,25H,5,9-12H2,1-4H3;6-8,13,15,17,19,23H,5,9-12H2,1-4H3;6-8,13,15,17H,5,9-12H2,1-4H3;;;/p+1/b3*14-13-;;;/t15-,16-,18+,22+;15-,17-,19+;15-,17-;;;/m111.../s1. The summed E-state index contributed by atoms with van der Waals surface area (Å²) in [5, 5.41) is 14.2. The number of hydrogen-bond acceptors (Lipinski definition) is 16.